The van der Waals surface area contributed by atoms with E-state index in [4.69, 9.17) is 5.73 Å². The summed E-state index contributed by atoms with van der Waals surface area (Å²) in [6.07, 6.45) is 2.79. The highest BCUT2D eigenvalue weighted by Gasteiger charge is 2.07. The predicted molar refractivity (Wildman–Crippen MR) is 73.8 cm³/mol. The number of fused-ring (bicyclic) bond motifs is 1. The average Bonchev–Trinajstić information content (AvgIpc) is 2.72. The molecule has 1 aromatic heterocycles. The number of nitrogens with zero attached hydrogens (tertiary/aromatic N) is 1. The molecular formula is C13H18N4O. The summed E-state index contributed by atoms with van der Waals surface area (Å²) in [5.41, 5.74) is 8.60. The lowest BCUT2D eigenvalue weighted by molar-refractivity contribution is 0.230. The summed E-state index contributed by atoms with van der Waals surface area (Å²) in [7, 11) is 3.42. The largest absolute Gasteiger partial charge is 0.361 e. The number of anilines is 1. The zero-order valence-electron chi connectivity index (χ0n) is 10.7. The summed E-state index contributed by atoms with van der Waals surface area (Å²) < 4.78 is 0. The van der Waals surface area contributed by atoms with Crippen molar-refractivity contribution in [2.75, 3.05) is 26.0 Å². The topological polar surface area (TPSA) is 74.2 Å². The standard InChI is InChI=1S/C13H18N4O/c1-17(2)13(18)16-10-3-4-12-11(7-10)9(5-6-14)8-15-12/h3-4,7-8,15H,5-6,14H2,1-2H3,(H,16,18). The molecule has 2 amide bonds. The summed E-state index contributed by atoms with van der Waals surface area (Å²) >= 11 is 0. The van der Waals surface area contributed by atoms with Crippen molar-refractivity contribution in [1.29, 1.82) is 0 Å². The Labute approximate surface area is 106 Å². The van der Waals surface area contributed by atoms with Crippen LogP contribution in [0, 0.1) is 0 Å². The third-order valence-electron chi connectivity index (χ3n) is 2.84. The lowest BCUT2D eigenvalue weighted by Crippen LogP contribution is -2.27. The fourth-order valence-electron chi connectivity index (χ4n) is 1.85. The molecule has 0 saturated carbocycles. The van der Waals surface area contributed by atoms with E-state index in [0.29, 0.717) is 6.54 Å². The number of hydrogen-bond acceptors (Lipinski definition) is 2. The van der Waals surface area contributed by atoms with Crippen LogP contribution >= 0.6 is 0 Å². The summed E-state index contributed by atoms with van der Waals surface area (Å²) in [6.45, 7) is 0.612. The van der Waals surface area contributed by atoms with Gasteiger partial charge in [0.1, 0.15) is 0 Å². The Morgan fingerprint density at radius 3 is 2.89 bits per heavy atom. The van der Waals surface area contributed by atoms with Crippen molar-refractivity contribution in [3.8, 4) is 0 Å². The van der Waals surface area contributed by atoms with Gasteiger partial charge in [-0.15, -0.1) is 0 Å². The van der Waals surface area contributed by atoms with Gasteiger partial charge in [-0.3, -0.25) is 0 Å². The fraction of sp³-hybridized carbons (Fsp3) is 0.308. The molecule has 0 unspecified atom stereocenters. The molecule has 0 atom stereocenters. The molecular weight excluding hydrogens is 228 g/mol. The zero-order chi connectivity index (χ0) is 13.1. The molecule has 1 heterocycles. The molecule has 5 nitrogen and oxygen atoms in total. The molecule has 0 bridgehead atoms. The van der Waals surface area contributed by atoms with Crippen molar-refractivity contribution in [3.05, 3.63) is 30.0 Å². The molecule has 0 radical (unpaired) electrons. The normalized spacial score (nSPS) is 10.6. The van der Waals surface area contributed by atoms with Crippen molar-refractivity contribution < 1.29 is 4.79 Å². The second-order valence-electron chi connectivity index (χ2n) is 4.44. The summed E-state index contributed by atoms with van der Waals surface area (Å²) in [5.74, 6) is 0. The second kappa shape index (κ2) is 5.10. The van der Waals surface area contributed by atoms with Crippen LogP contribution in [-0.2, 0) is 6.42 Å². The number of benzene rings is 1. The van der Waals surface area contributed by atoms with Gasteiger partial charge in [0, 0.05) is 36.9 Å². The third-order valence-corrected chi connectivity index (χ3v) is 2.84. The summed E-state index contributed by atoms with van der Waals surface area (Å²) in [6, 6.07) is 5.68. The molecule has 0 fully saturated rings. The van der Waals surface area contributed by atoms with Gasteiger partial charge in [0.25, 0.3) is 0 Å². The second-order valence-corrected chi connectivity index (χ2v) is 4.44. The number of rotatable bonds is 3. The molecule has 0 spiro atoms. The first-order chi connectivity index (χ1) is 8.61. The van der Waals surface area contributed by atoms with Gasteiger partial charge in [0.05, 0.1) is 0 Å². The molecule has 1 aromatic carbocycles. The van der Waals surface area contributed by atoms with Crippen molar-refractivity contribution >= 4 is 22.6 Å². The Balaban J connectivity index is 2.30. The maximum absolute atomic E-state index is 11.6. The highest BCUT2D eigenvalue weighted by atomic mass is 16.2. The van der Waals surface area contributed by atoms with Gasteiger partial charge < -0.3 is 20.9 Å². The maximum atomic E-state index is 11.6. The minimum absolute atomic E-state index is 0.134. The molecule has 0 aliphatic carbocycles. The Morgan fingerprint density at radius 2 is 2.22 bits per heavy atom. The molecule has 5 heteroatoms. The van der Waals surface area contributed by atoms with Crippen molar-refractivity contribution in [1.82, 2.24) is 9.88 Å². The number of aromatic amines is 1. The Hall–Kier alpha value is -2.01. The van der Waals surface area contributed by atoms with Gasteiger partial charge in [-0.25, -0.2) is 4.79 Å². The molecule has 2 aromatic rings. The highest BCUT2D eigenvalue weighted by Crippen LogP contribution is 2.22. The van der Waals surface area contributed by atoms with Crippen LogP contribution in [0.1, 0.15) is 5.56 Å². The van der Waals surface area contributed by atoms with Crippen LogP contribution in [0.4, 0.5) is 10.5 Å². The Bertz CT molecular complexity index is 559. The van der Waals surface area contributed by atoms with E-state index in [1.54, 1.807) is 14.1 Å². The smallest absolute Gasteiger partial charge is 0.321 e. The Morgan fingerprint density at radius 1 is 1.44 bits per heavy atom. The lowest BCUT2D eigenvalue weighted by atomic mass is 10.1. The molecule has 18 heavy (non-hydrogen) atoms. The number of carbonyl (C=O) groups is 1. The van der Waals surface area contributed by atoms with E-state index >= 15 is 0 Å². The fourth-order valence-corrected chi connectivity index (χ4v) is 1.85. The first-order valence-corrected chi connectivity index (χ1v) is 5.90. The van der Waals surface area contributed by atoms with E-state index in [9.17, 15) is 4.79 Å². The van der Waals surface area contributed by atoms with Crippen molar-refractivity contribution in [2.24, 2.45) is 5.73 Å². The van der Waals surface area contributed by atoms with E-state index in [2.05, 4.69) is 10.3 Å². The number of hydrogen-bond donors (Lipinski definition) is 3. The maximum Gasteiger partial charge on any atom is 0.321 e. The van der Waals surface area contributed by atoms with Crippen LogP contribution in [0.15, 0.2) is 24.4 Å². The average molecular weight is 246 g/mol. The van der Waals surface area contributed by atoms with Crippen LogP contribution in [0.2, 0.25) is 0 Å². The van der Waals surface area contributed by atoms with Gasteiger partial charge in [0.15, 0.2) is 0 Å². The van der Waals surface area contributed by atoms with E-state index in [-0.39, 0.29) is 6.03 Å². The van der Waals surface area contributed by atoms with Crippen LogP contribution < -0.4 is 11.1 Å². The van der Waals surface area contributed by atoms with Crippen LogP contribution in [-0.4, -0.2) is 36.6 Å². The predicted octanol–water partition coefficient (Wildman–Crippen LogP) is 1.76. The number of nitrogens with one attached hydrogen (secondary N) is 2. The van der Waals surface area contributed by atoms with Crippen LogP contribution in [0.3, 0.4) is 0 Å². The van der Waals surface area contributed by atoms with Gasteiger partial charge in [-0.2, -0.15) is 0 Å². The first kappa shape index (κ1) is 12.4. The third kappa shape index (κ3) is 2.46. The van der Waals surface area contributed by atoms with Crippen LogP contribution in [0.5, 0.6) is 0 Å². The minimum atomic E-state index is -0.134. The highest BCUT2D eigenvalue weighted by molar-refractivity contribution is 5.93. The minimum Gasteiger partial charge on any atom is -0.361 e. The molecule has 2 rings (SSSR count). The molecule has 0 aliphatic rings. The van der Waals surface area contributed by atoms with Crippen LogP contribution in [0.25, 0.3) is 10.9 Å². The first-order valence-electron chi connectivity index (χ1n) is 5.90. The lowest BCUT2D eigenvalue weighted by Gasteiger charge is -2.12. The van der Waals surface area contributed by atoms with Gasteiger partial charge in [-0.05, 0) is 36.7 Å². The van der Waals surface area contributed by atoms with E-state index in [1.165, 1.54) is 10.5 Å². The number of nitrogens with two attached hydrogens (primary N) is 1. The van der Waals surface area contributed by atoms with Crippen molar-refractivity contribution in [2.45, 2.75) is 6.42 Å². The number of urea groups is 1. The Kier molecular flexibility index (Phi) is 3.53. The van der Waals surface area contributed by atoms with E-state index < -0.39 is 0 Å². The summed E-state index contributed by atoms with van der Waals surface area (Å²) in [4.78, 5) is 16.3. The quantitative estimate of drug-likeness (QED) is 0.772. The van der Waals surface area contributed by atoms with E-state index in [0.717, 1.165) is 23.0 Å². The number of amides is 2. The molecule has 0 aliphatic heterocycles. The van der Waals surface area contributed by atoms with Gasteiger partial charge >= 0.3 is 6.03 Å². The number of aromatic nitrogens is 1. The number of carbonyl (C=O) groups excluding carboxylic acids is 1. The molecule has 4 N–H and O–H groups in total. The van der Waals surface area contributed by atoms with E-state index in [1.807, 2.05) is 24.4 Å². The zero-order valence-corrected chi connectivity index (χ0v) is 10.7. The number of H-pyrrole nitrogens is 1. The van der Waals surface area contributed by atoms with Crippen molar-refractivity contribution in [3.63, 3.8) is 0 Å². The SMILES string of the molecule is CN(C)C(=O)Nc1ccc2[nH]cc(CCN)c2c1. The summed E-state index contributed by atoms with van der Waals surface area (Å²) in [5, 5.41) is 3.94. The van der Waals surface area contributed by atoms with Gasteiger partial charge in [-0.1, -0.05) is 0 Å². The monoisotopic (exact) mass is 246 g/mol. The molecule has 96 valence electrons. The van der Waals surface area contributed by atoms with Gasteiger partial charge in [0.2, 0.25) is 0 Å². The molecule has 0 saturated heterocycles.